The molecule has 2 aromatic carbocycles. The van der Waals surface area contributed by atoms with Crippen LogP contribution in [0.5, 0.6) is 17.2 Å². The van der Waals surface area contributed by atoms with Crippen molar-refractivity contribution in [3.63, 3.8) is 0 Å². The first-order valence-corrected chi connectivity index (χ1v) is 13.1. The second-order valence-electron chi connectivity index (χ2n) is 8.06. The van der Waals surface area contributed by atoms with E-state index in [1.54, 1.807) is 18.2 Å². The van der Waals surface area contributed by atoms with Crippen LogP contribution in [-0.4, -0.2) is 53.7 Å². The fourth-order valence-corrected chi connectivity index (χ4v) is 5.17. The summed E-state index contributed by atoms with van der Waals surface area (Å²) >= 11 is 1.45. The second kappa shape index (κ2) is 9.11. The van der Waals surface area contributed by atoms with Crippen molar-refractivity contribution in [2.75, 3.05) is 12.8 Å². The van der Waals surface area contributed by atoms with Gasteiger partial charge in [0.05, 0.1) is 35.2 Å². The maximum Gasteiger partial charge on any atom is 0.304 e. The number of aromatic nitrogens is 1. The number of H-pyrrole nitrogens is 1. The average Bonchev–Trinajstić information content (AvgIpc) is 3.34. The molecule has 0 radical (unpaired) electrons. The maximum absolute atomic E-state index is 11.7. The lowest BCUT2D eigenvalue weighted by molar-refractivity contribution is -0.136. The normalized spacial score (nSPS) is 16.2. The molecule has 0 fully saturated rings. The molecule has 0 amide bonds. The molecule has 2 heterocycles. The summed E-state index contributed by atoms with van der Waals surface area (Å²) in [4.78, 5) is 19.1. The van der Waals surface area contributed by atoms with Gasteiger partial charge in [-0.05, 0) is 50.2 Å². The molecule has 1 unspecified atom stereocenters. The van der Waals surface area contributed by atoms with Crippen molar-refractivity contribution in [3.8, 4) is 17.2 Å². The Labute approximate surface area is 195 Å². The zero-order chi connectivity index (χ0) is 23.8. The molecule has 4 rings (SSSR count). The summed E-state index contributed by atoms with van der Waals surface area (Å²) in [6.07, 6.45) is 1.16. The third-order valence-corrected chi connectivity index (χ3v) is 7.22. The number of carboxylic acids is 1. The summed E-state index contributed by atoms with van der Waals surface area (Å²) in [5, 5.41) is 10.6. The van der Waals surface area contributed by atoms with Crippen LogP contribution >= 0.6 is 11.8 Å². The van der Waals surface area contributed by atoms with Gasteiger partial charge in [0.1, 0.15) is 22.3 Å². The summed E-state index contributed by atoms with van der Waals surface area (Å²) < 4.78 is 35.3. The fourth-order valence-electron chi connectivity index (χ4n) is 3.46. The Bertz CT molecular complexity index is 1330. The molecule has 1 aliphatic heterocycles. The van der Waals surface area contributed by atoms with Crippen molar-refractivity contribution < 1.29 is 27.8 Å². The van der Waals surface area contributed by atoms with Crippen LogP contribution in [0, 0.1) is 0 Å². The molecule has 10 heteroatoms. The van der Waals surface area contributed by atoms with Gasteiger partial charge < -0.3 is 19.6 Å². The highest BCUT2D eigenvalue weighted by Gasteiger charge is 2.25. The lowest BCUT2D eigenvalue weighted by atomic mass is 10.2. The fraction of sp³-hybridized carbons (Fsp3) is 0.304. The smallest absolute Gasteiger partial charge is 0.304 e. The Kier molecular flexibility index (Phi) is 6.40. The van der Waals surface area contributed by atoms with Crippen LogP contribution in [0.15, 0.2) is 52.4 Å². The van der Waals surface area contributed by atoms with E-state index in [1.165, 1.54) is 23.9 Å². The molecule has 0 saturated heterocycles. The quantitative estimate of drug-likeness (QED) is 0.480. The molecular formula is C23H24N2O6S2. The van der Waals surface area contributed by atoms with Crippen LogP contribution in [0.25, 0.3) is 10.9 Å². The first-order valence-electron chi connectivity index (χ1n) is 10.3. The summed E-state index contributed by atoms with van der Waals surface area (Å²) in [5.74, 6) is 0.822. The number of benzene rings is 2. The van der Waals surface area contributed by atoms with Crippen LogP contribution in [0.2, 0.25) is 0 Å². The number of aliphatic carboxylic acids is 1. The zero-order valence-electron chi connectivity index (χ0n) is 18.4. The van der Waals surface area contributed by atoms with Gasteiger partial charge >= 0.3 is 5.97 Å². The van der Waals surface area contributed by atoms with E-state index in [0.717, 1.165) is 27.9 Å². The predicted molar refractivity (Wildman–Crippen MR) is 129 cm³/mol. The average molecular weight is 489 g/mol. The van der Waals surface area contributed by atoms with Crippen molar-refractivity contribution in [2.45, 2.75) is 36.5 Å². The van der Waals surface area contributed by atoms with E-state index < -0.39 is 15.8 Å². The second-order valence-corrected chi connectivity index (χ2v) is 11.4. The standard InChI is InChI=1S/C23H24N2O6S2/c1-13(2)30-20-10-16(31-15-4-6-18(7-5-15)33(3,28)29)8-14-9-19(25-22(14)20)23-24-12-17(32-23)11-21(26)27/h4-10,13,17,25H,11-12H2,1-3H3,(H,26,27). The minimum absolute atomic E-state index is 0.0652. The third-order valence-electron chi connectivity index (χ3n) is 4.87. The van der Waals surface area contributed by atoms with Crippen molar-refractivity contribution in [1.82, 2.24) is 4.98 Å². The summed E-state index contributed by atoms with van der Waals surface area (Å²) in [6.45, 7) is 4.33. The highest BCUT2D eigenvalue weighted by atomic mass is 32.2. The number of nitrogens with one attached hydrogen (secondary N) is 1. The molecule has 0 bridgehead atoms. The van der Waals surface area contributed by atoms with Gasteiger partial charge in [0, 0.05) is 23.0 Å². The molecule has 0 aliphatic carbocycles. The molecule has 1 aromatic heterocycles. The summed E-state index contributed by atoms with van der Waals surface area (Å²) in [5.41, 5.74) is 1.59. The minimum Gasteiger partial charge on any atom is -0.489 e. The first-order chi connectivity index (χ1) is 15.6. The van der Waals surface area contributed by atoms with Gasteiger partial charge in [0.2, 0.25) is 0 Å². The molecule has 0 spiro atoms. The number of hydrogen-bond donors (Lipinski definition) is 2. The van der Waals surface area contributed by atoms with E-state index in [4.69, 9.17) is 14.6 Å². The highest BCUT2D eigenvalue weighted by Crippen LogP contribution is 2.36. The van der Waals surface area contributed by atoms with Gasteiger partial charge in [-0.15, -0.1) is 0 Å². The molecule has 8 nitrogen and oxygen atoms in total. The molecule has 1 atom stereocenters. The number of ether oxygens (including phenoxy) is 2. The number of nitrogens with zero attached hydrogens (tertiary/aromatic N) is 1. The largest absolute Gasteiger partial charge is 0.489 e. The number of thioether (sulfide) groups is 1. The number of aromatic amines is 1. The molecule has 33 heavy (non-hydrogen) atoms. The molecular weight excluding hydrogens is 464 g/mol. The maximum atomic E-state index is 11.7. The number of fused-ring (bicyclic) bond motifs is 1. The van der Waals surface area contributed by atoms with Gasteiger partial charge in [-0.25, -0.2) is 8.42 Å². The van der Waals surface area contributed by atoms with Crippen molar-refractivity contribution >= 4 is 43.5 Å². The number of hydrogen-bond acceptors (Lipinski definition) is 7. The lowest BCUT2D eigenvalue weighted by Gasteiger charge is -2.13. The SMILES string of the molecule is CC(C)Oc1cc(Oc2ccc(S(C)(=O)=O)cc2)cc2cc(C3=NCC(CC(=O)O)S3)[nH]c12. The van der Waals surface area contributed by atoms with E-state index in [-0.39, 0.29) is 22.7 Å². The lowest BCUT2D eigenvalue weighted by Crippen LogP contribution is -2.10. The topological polar surface area (TPSA) is 118 Å². The Hall–Kier alpha value is -2.98. The van der Waals surface area contributed by atoms with Crippen LogP contribution in [0.3, 0.4) is 0 Å². The van der Waals surface area contributed by atoms with Crippen molar-refractivity contribution in [3.05, 3.63) is 48.2 Å². The zero-order valence-corrected chi connectivity index (χ0v) is 20.0. The first kappa shape index (κ1) is 23.2. The van der Waals surface area contributed by atoms with Gasteiger partial charge in [-0.1, -0.05) is 11.8 Å². The molecule has 1 aliphatic rings. The number of sulfone groups is 1. The van der Waals surface area contributed by atoms with E-state index in [9.17, 15) is 13.2 Å². The Morgan fingerprint density at radius 2 is 1.94 bits per heavy atom. The monoisotopic (exact) mass is 488 g/mol. The Balaban J connectivity index is 1.64. The van der Waals surface area contributed by atoms with Crippen LogP contribution in [-0.2, 0) is 14.6 Å². The summed E-state index contributed by atoms with van der Waals surface area (Å²) in [6, 6.07) is 11.8. The molecule has 0 saturated carbocycles. The Morgan fingerprint density at radius 1 is 1.21 bits per heavy atom. The van der Waals surface area contributed by atoms with E-state index in [0.29, 0.717) is 23.8 Å². The van der Waals surface area contributed by atoms with E-state index in [2.05, 4.69) is 9.98 Å². The highest BCUT2D eigenvalue weighted by molar-refractivity contribution is 8.15. The predicted octanol–water partition coefficient (Wildman–Crippen LogP) is 4.49. The van der Waals surface area contributed by atoms with Crippen LogP contribution in [0.4, 0.5) is 0 Å². The number of carbonyl (C=O) groups is 1. The minimum atomic E-state index is -3.28. The van der Waals surface area contributed by atoms with E-state index in [1.807, 2.05) is 26.0 Å². The van der Waals surface area contributed by atoms with Crippen LogP contribution < -0.4 is 9.47 Å². The third kappa shape index (κ3) is 5.51. The van der Waals surface area contributed by atoms with Gasteiger partial charge in [0.25, 0.3) is 0 Å². The number of aliphatic imine (C=N–C) groups is 1. The summed E-state index contributed by atoms with van der Waals surface area (Å²) in [7, 11) is -3.28. The van der Waals surface area contributed by atoms with Crippen molar-refractivity contribution in [1.29, 1.82) is 0 Å². The number of carboxylic acid groups (broad SMARTS) is 1. The van der Waals surface area contributed by atoms with Gasteiger partial charge in [-0.3, -0.25) is 9.79 Å². The Morgan fingerprint density at radius 3 is 2.58 bits per heavy atom. The van der Waals surface area contributed by atoms with Crippen LogP contribution in [0.1, 0.15) is 26.0 Å². The van der Waals surface area contributed by atoms with Gasteiger partial charge in [0.15, 0.2) is 9.84 Å². The van der Waals surface area contributed by atoms with E-state index >= 15 is 0 Å². The number of rotatable bonds is 8. The molecule has 2 N–H and O–H groups in total. The molecule has 3 aromatic rings. The molecule has 174 valence electrons. The van der Waals surface area contributed by atoms with Gasteiger partial charge in [-0.2, -0.15) is 0 Å². The van der Waals surface area contributed by atoms with Crippen molar-refractivity contribution in [2.24, 2.45) is 4.99 Å².